The second-order valence-electron chi connectivity index (χ2n) is 5.07. The monoisotopic (exact) mass is 354 g/mol. The number of rotatable bonds is 3. The van der Waals surface area contributed by atoms with Gasteiger partial charge in [-0.2, -0.15) is 0 Å². The SMILES string of the molecule is CNCC1CCCc2sc(-c3c(F)cccc3Br)nc21. The summed E-state index contributed by atoms with van der Waals surface area (Å²) in [5.74, 6) is 0.245. The predicted octanol–water partition coefficient (Wildman–Crippen LogP) is 4.35. The number of likely N-dealkylation sites (N-methyl/N-ethyl adjacent to an activating group) is 1. The minimum atomic E-state index is -0.212. The maximum Gasteiger partial charge on any atom is 0.134 e. The van der Waals surface area contributed by atoms with Gasteiger partial charge in [0.15, 0.2) is 0 Å². The maximum atomic E-state index is 14.1. The lowest BCUT2D eigenvalue weighted by atomic mass is 9.91. The van der Waals surface area contributed by atoms with Crippen LogP contribution in [0.3, 0.4) is 0 Å². The minimum absolute atomic E-state index is 0.212. The molecule has 3 rings (SSSR count). The molecule has 0 saturated carbocycles. The van der Waals surface area contributed by atoms with Crippen molar-refractivity contribution in [3.63, 3.8) is 0 Å². The van der Waals surface area contributed by atoms with E-state index in [4.69, 9.17) is 4.98 Å². The number of thiazole rings is 1. The van der Waals surface area contributed by atoms with Gasteiger partial charge in [-0.25, -0.2) is 9.37 Å². The molecule has 106 valence electrons. The van der Waals surface area contributed by atoms with Crippen molar-refractivity contribution in [3.8, 4) is 10.6 Å². The molecule has 2 aromatic rings. The van der Waals surface area contributed by atoms with E-state index in [1.54, 1.807) is 17.4 Å². The van der Waals surface area contributed by atoms with Crippen LogP contribution in [0, 0.1) is 5.82 Å². The molecular formula is C15H16BrFN2S. The maximum absolute atomic E-state index is 14.1. The summed E-state index contributed by atoms with van der Waals surface area (Å²) in [5.41, 5.74) is 1.76. The predicted molar refractivity (Wildman–Crippen MR) is 84.8 cm³/mol. The summed E-state index contributed by atoms with van der Waals surface area (Å²) in [5, 5.41) is 4.03. The van der Waals surface area contributed by atoms with Crippen LogP contribution in [0.1, 0.15) is 29.3 Å². The summed E-state index contributed by atoms with van der Waals surface area (Å²) < 4.78 is 14.8. The van der Waals surface area contributed by atoms with Gasteiger partial charge in [0.1, 0.15) is 10.8 Å². The molecule has 0 aliphatic heterocycles. The van der Waals surface area contributed by atoms with E-state index in [1.807, 2.05) is 13.1 Å². The zero-order chi connectivity index (χ0) is 14.1. The van der Waals surface area contributed by atoms with Gasteiger partial charge in [-0.05, 0) is 54.4 Å². The lowest BCUT2D eigenvalue weighted by Gasteiger charge is -2.20. The van der Waals surface area contributed by atoms with Crippen LogP contribution in [0.2, 0.25) is 0 Å². The average Bonchev–Trinajstić information content (AvgIpc) is 2.83. The van der Waals surface area contributed by atoms with E-state index in [-0.39, 0.29) is 5.82 Å². The minimum Gasteiger partial charge on any atom is -0.319 e. The van der Waals surface area contributed by atoms with Crippen LogP contribution in [-0.2, 0) is 6.42 Å². The highest BCUT2D eigenvalue weighted by atomic mass is 79.9. The lowest BCUT2D eigenvalue weighted by molar-refractivity contribution is 0.523. The molecule has 0 spiro atoms. The molecule has 1 aliphatic carbocycles. The average molecular weight is 355 g/mol. The third-order valence-electron chi connectivity index (χ3n) is 3.70. The fourth-order valence-electron chi connectivity index (χ4n) is 2.76. The number of aromatic nitrogens is 1. The van der Waals surface area contributed by atoms with Crippen molar-refractivity contribution in [1.29, 1.82) is 0 Å². The topological polar surface area (TPSA) is 24.9 Å². The van der Waals surface area contributed by atoms with Gasteiger partial charge < -0.3 is 5.32 Å². The molecule has 1 aliphatic rings. The highest BCUT2D eigenvalue weighted by molar-refractivity contribution is 9.10. The molecule has 1 N–H and O–H groups in total. The van der Waals surface area contributed by atoms with Gasteiger partial charge in [0.05, 0.1) is 11.3 Å². The normalized spacial score (nSPS) is 18.1. The first-order chi connectivity index (χ1) is 9.70. The van der Waals surface area contributed by atoms with Crippen molar-refractivity contribution in [2.24, 2.45) is 0 Å². The van der Waals surface area contributed by atoms with Gasteiger partial charge in [-0.15, -0.1) is 11.3 Å². The number of nitrogens with one attached hydrogen (secondary N) is 1. The summed E-state index contributed by atoms with van der Waals surface area (Å²) in [6, 6.07) is 5.07. The Morgan fingerprint density at radius 3 is 3.10 bits per heavy atom. The molecule has 1 heterocycles. The zero-order valence-corrected chi connectivity index (χ0v) is 13.7. The molecule has 5 heteroatoms. The van der Waals surface area contributed by atoms with E-state index in [9.17, 15) is 4.39 Å². The molecular weight excluding hydrogens is 339 g/mol. The highest BCUT2D eigenvalue weighted by Crippen LogP contribution is 2.40. The second-order valence-corrected chi connectivity index (χ2v) is 7.01. The first-order valence-corrected chi connectivity index (χ1v) is 8.40. The first kappa shape index (κ1) is 14.2. The number of benzene rings is 1. The van der Waals surface area contributed by atoms with Crippen molar-refractivity contribution in [3.05, 3.63) is 39.1 Å². The summed E-state index contributed by atoms with van der Waals surface area (Å²) >= 11 is 5.07. The Bertz CT molecular complexity index is 606. The molecule has 2 nitrogen and oxygen atoms in total. The Morgan fingerprint density at radius 2 is 2.35 bits per heavy atom. The Hall–Kier alpha value is -0.780. The second kappa shape index (κ2) is 5.92. The molecule has 1 atom stereocenters. The van der Waals surface area contributed by atoms with Gasteiger partial charge in [-0.3, -0.25) is 0 Å². The van der Waals surface area contributed by atoms with Crippen molar-refractivity contribution in [2.45, 2.75) is 25.2 Å². The number of hydrogen-bond acceptors (Lipinski definition) is 3. The quantitative estimate of drug-likeness (QED) is 0.885. The van der Waals surface area contributed by atoms with Crippen LogP contribution in [0.15, 0.2) is 22.7 Å². The molecule has 1 aromatic carbocycles. The zero-order valence-electron chi connectivity index (χ0n) is 11.2. The fraction of sp³-hybridized carbons (Fsp3) is 0.400. The third-order valence-corrected chi connectivity index (χ3v) is 5.51. The van der Waals surface area contributed by atoms with E-state index in [2.05, 4.69) is 21.2 Å². The Balaban J connectivity index is 2.05. The van der Waals surface area contributed by atoms with Crippen molar-refractivity contribution in [1.82, 2.24) is 10.3 Å². The number of hydrogen-bond donors (Lipinski definition) is 1. The molecule has 0 saturated heterocycles. The lowest BCUT2D eigenvalue weighted by Crippen LogP contribution is -2.20. The van der Waals surface area contributed by atoms with Crippen molar-refractivity contribution < 1.29 is 4.39 Å². The number of halogens is 2. The number of aryl methyl sites for hydroxylation is 1. The van der Waals surface area contributed by atoms with Gasteiger partial charge in [0.2, 0.25) is 0 Å². The molecule has 0 fully saturated rings. The number of nitrogens with zero attached hydrogens (tertiary/aromatic N) is 1. The number of fused-ring (bicyclic) bond motifs is 1. The third kappa shape index (κ3) is 2.54. The summed E-state index contributed by atoms with van der Waals surface area (Å²) in [4.78, 5) is 6.07. The van der Waals surface area contributed by atoms with Crippen LogP contribution in [0.4, 0.5) is 4.39 Å². The smallest absolute Gasteiger partial charge is 0.134 e. The van der Waals surface area contributed by atoms with Crippen molar-refractivity contribution in [2.75, 3.05) is 13.6 Å². The van der Waals surface area contributed by atoms with Crippen LogP contribution >= 0.6 is 27.3 Å². The molecule has 20 heavy (non-hydrogen) atoms. The first-order valence-electron chi connectivity index (χ1n) is 6.79. The highest BCUT2D eigenvalue weighted by Gasteiger charge is 2.25. The van der Waals surface area contributed by atoms with Crippen LogP contribution < -0.4 is 5.32 Å². The van der Waals surface area contributed by atoms with Gasteiger partial charge >= 0.3 is 0 Å². The molecule has 0 bridgehead atoms. The van der Waals surface area contributed by atoms with Gasteiger partial charge in [-0.1, -0.05) is 6.07 Å². The van der Waals surface area contributed by atoms with E-state index in [0.717, 1.165) is 28.9 Å². The van der Waals surface area contributed by atoms with E-state index in [0.29, 0.717) is 11.5 Å². The van der Waals surface area contributed by atoms with E-state index in [1.165, 1.54) is 23.1 Å². The molecule has 1 unspecified atom stereocenters. The summed E-state index contributed by atoms with van der Waals surface area (Å²) in [6.45, 7) is 0.939. The fourth-order valence-corrected chi connectivity index (χ4v) is 4.67. The van der Waals surface area contributed by atoms with Crippen LogP contribution in [0.25, 0.3) is 10.6 Å². The Kier molecular flexibility index (Phi) is 4.19. The van der Waals surface area contributed by atoms with Gasteiger partial charge in [0, 0.05) is 21.8 Å². The summed E-state index contributed by atoms with van der Waals surface area (Å²) in [7, 11) is 1.97. The summed E-state index contributed by atoms with van der Waals surface area (Å²) in [6.07, 6.45) is 3.42. The van der Waals surface area contributed by atoms with Gasteiger partial charge in [0.25, 0.3) is 0 Å². The Labute approximate surface area is 130 Å². The standard InChI is InChI=1S/C15H16BrFN2S/c1-18-8-9-4-2-7-12-14(9)19-15(20-12)13-10(16)5-3-6-11(13)17/h3,5-6,9,18H,2,4,7-8H2,1H3. The van der Waals surface area contributed by atoms with Crippen LogP contribution in [-0.4, -0.2) is 18.6 Å². The largest absolute Gasteiger partial charge is 0.319 e. The molecule has 0 amide bonds. The van der Waals surface area contributed by atoms with E-state index >= 15 is 0 Å². The Morgan fingerprint density at radius 1 is 1.50 bits per heavy atom. The molecule has 1 aromatic heterocycles. The van der Waals surface area contributed by atoms with Crippen molar-refractivity contribution >= 4 is 27.3 Å². The van der Waals surface area contributed by atoms with Crippen LogP contribution in [0.5, 0.6) is 0 Å². The van der Waals surface area contributed by atoms with E-state index < -0.39 is 0 Å². The molecule has 0 radical (unpaired) electrons.